The Labute approximate surface area is 138 Å². The van der Waals surface area contributed by atoms with E-state index < -0.39 is 0 Å². The Kier molecular flexibility index (Phi) is 5.33. The zero-order valence-electron chi connectivity index (χ0n) is 12.2. The normalized spacial score (nSPS) is 27.6. The molecule has 2 saturated carbocycles. The average molecular weight is 331 g/mol. The molecule has 2 heterocycles. The topological polar surface area (TPSA) is 55.0 Å². The summed E-state index contributed by atoms with van der Waals surface area (Å²) < 4.78 is 0. The van der Waals surface area contributed by atoms with Gasteiger partial charge < -0.3 is 10.6 Å². The maximum absolute atomic E-state index is 5.92. The SMILES string of the molecule is Cl.Cl.NC1CC(c2cc(N3CCCC3)nc(C3CC3)n2)C1. The van der Waals surface area contributed by atoms with Crippen molar-refractivity contribution in [1.29, 1.82) is 0 Å². The maximum atomic E-state index is 5.92. The number of nitrogens with two attached hydrogens (primary N) is 1. The summed E-state index contributed by atoms with van der Waals surface area (Å²) in [5.74, 6) is 3.48. The van der Waals surface area contributed by atoms with E-state index in [0.29, 0.717) is 17.9 Å². The molecule has 2 N–H and O–H groups in total. The van der Waals surface area contributed by atoms with Gasteiger partial charge in [-0.3, -0.25) is 0 Å². The largest absolute Gasteiger partial charge is 0.357 e. The van der Waals surface area contributed by atoms with Crippen molar-refractivity contribution in [3.05, 3.63) is 17.6 Å². The van der Waals surface area contributed by atoms with Gasteiger partial charge in [-0.25, -0.2) is 9.97 Å². The number of rotatable bonds is 3. The summed E-state index contributed by atoms with van der Waals surface area (Å²) in [4.78, 5) is 12.1. The van der Waals surface area contributed by atoms with Crippen molar-refractivity contribution in [2.75, 3.05) is 18.0 Å². The van der Waals surface area contributed by atoms with E-state index in [2.05, 4.69) is 11.0 Å². The Balaban J connectivity index is 0.000000807. The summed E-state index contributed by atoms with van der Waals surface area (Å²) in [7, 11) is 0. The van der Waals surface area contributed by atoms with Crippen LogP contribution in [-0.2, 0) is 0 Å². The van der Waals surface area contributed by atoms with E-state index in [-0.39, 0.29) is 24.8 Å². The van der Waals surface area contributed by atoms with Crippen molar-refractivity contribution < 1.29 is 0 Å². The number of nitrogens with zero attached hydrogens (tertiary/aromatic N) is 3. The van der Waals surface area contributed by atoms with E-state index in [1.807, 2.05) is 0 Å². The van der Waals surface area contributed by atoms with Crippen molar-refractivity contribution in [3.8, 4) is 0 Å². The van der Waals surface area contributed by atoms with Gasteiger partial charge >= 0.3 is 0 Å². The van der Waals surface area contributed by atoms with Crippen LogP contribution < -0.4 is 10.6 Å². The van der Waals surface area contributed by atoms with Crippen LogP contribution in [-0.4, -0.2) is 29.1 Å². The lowest BCUT2D eigenvalue weighted by Crippen LogP contribution is -2.35. The van der Waals surface area contributed by atoms with Crippen LogP contribution in [0.25, 0.3) is 0 Å². The highest BCUT2D eigenvalue weighted by molar-refractivity contribution is 5.85. The number of hydrogen-bond acceptors (Lipinski definition) is 4. The molecule has 3 aliphatic rings. The van der Waals surface area contributed by atoms with Gasteiger partial charge in [0.15, 0.2) is 0 Å². The Morgan fingerprint density at radius 1 is 1.00 bits per heavy atom. The molecule has 0 spiro atoms. The van der Waals surface area contributed by atoms with E-state index >= 15 is 0 Å². The Morgan fingerprint density at radius 2 is 1.67 bits per heavy atom. The highest BCUT2D eigenvalue weighted by atomic mass is 35.5. The highest BCUT2D eigenvalue weighted by Crippen LogP contribution is 2.41. The molecule has 4 nitrogen and oxygen atoms in total. The molecule has 0 amide bonds. The van der Waals surface area contributed by atoms with Crippen molar-refractivity contribution in [2.24, 2.45) is 5.73 Å². The molecule has 0 aromatic carbocycles. The third kappa shape index (κ3) is 3.43. The standard InChI is InChI=1S/C15H22N4.2ClH/c16-12-7-11(8-12)13-9-14(19-5-1-2-6-19)18-15(17-13)10-3-4-10;;/h9-12H,1-8,16H2;2*1H. The zero-order valence-corrected chi connectivity index (χ0v) is 13.8. The number of halogens is 2. The van der Waals surface area contributed by atoms with Gasteiger partial charge in [0, 0.05) is 42.7 Å². The average Bonchev–Trinajstić information content (AvgIpc) is 3.10. The summed E-state index contributed by atoms with van der Waals surface area (Å²) in [6, 6.07) is 2.62. The lowest BCUT2D eigenvalue weighted by Gasteiger charge is -2.32. The predicted molar refractivity (Wildman–Crippen MR) is 89.9 cm³/mol. The van der Waals surface area contributed by atoms with Crippen LogP contribution in [0.1, 0.15) is 61.9 Å². The molecule has 3 fully saturated rings. The number of anilines is 1. The van der Waals surface area contributed by atoms with Crippen LogP contribution >= 0.6 is 24.8 Å². The first kappa shape index (κ1) is 16.8. The third-order valence-corrected chi connectivity index (χ3v) is 4.72. The second kappa shape index (κ2) is 6.67. The summed E-state index contributed by atoms with van der Waals surface area (Å²) in [6.07, 6.45) is 7.33. The van der Waals surface area contributed by atoms with Crippen molar-refractivity contribution in [2.45, 2.75) is 56.4 Å². The lowest BCUT2D eigenvalue weighted by molar-refractivity contribution is 0.344. The van der Waals surface area contributed by atoms with E-state index in [1.165, 1.54) is 37.2 Å². The molecule has 1 aromatic rings. The molecule has 21 heavy (non-hydrogen) atoms. The Hall–Kier alpha value is -0.580. The summed E-state index contributed by atoms with van der Waals surface area (Å²) in [5, 5.41) is 0. The second-order valence-corrected chi connectivity index (χ2v) is 6.41. The predicted octanol–water partition coefficient (Wildman–Crippen LogP) is 3.00. The minimum atomic E-state index is 0. The summed E-state index contributed by atoms with van der Waals surface area (Å²) in [6.45, 7) is 2.31. The Bertz CT molecular complexity index is 481. The smallest absolute Gasteiger partial charge is 0.134 e. The molecule has 4 rings (SSSR count). The van der Waals surface area contributed by atoms with Crippen molar-refractivity contribution in [1.82, 2.24) is 9.97 Å². The maximum Gasteiger partial charge on any atom is 0.134 e. The van der Waals surface area contributed by atoms with Crippen LogP contribution in [0.2, 0.25) is 0 Å². The van der Waals surface area contributed by atoms with E-state index in [0.717, 1.165) is 31.8 Å². The first-order valence-electron chi connectivity index (χ1n) is 7.69. The van der Waals surface area contributed by atoms with E-state index in [4.69, 9.17) is 15.7 Å². The number of aromatic nitrogens is 2. The van der Waals surface area contributed by atoms with Crippen molar-refractivity contribution >= 4 is 30.6 Å². The fourth-order valence-corrected chi connectivity index (χ4v) is 3.22. The van der Waals surface area contributed by atoms with Crippen molar-refractivity contribution in [3.63, 3.8) is 0 Å². The molecular formula is C15H24Cl2N4. The summed E-state index contributed by atoms with van der Waals surface area (Å²) in [5.41, 5.74) is 7.17. The van der Waals surface area contributed by atoms with Gasteiger partial charge in [-0.05, 0) is 38.5 Å². The monoisotopic (exact) mass is 330 g/mol. The van der Waals surface area contributed by atoms with Crippen LogP contribution in [0.5, 0.6) is 0 Å². The molecule has 0 atom stereocenters. The van der Waals surface area contributed by atoms with Gasteiger partial charge in [0.05, 0.1) is 0 Å². The van der Waals surface area contributed by atoms with Gasteiger partial charge in [0.25, 0.3) is 0 Å². The van der Waals surface area contributed by atoms with Gasteiger partial charge in [-0.15, -0.1) is 24.8 Å². The fraction of sp³-hybridized carbons (Fsp3) is 0.733. The first-order valence-corrected chi connectivity index (χ1v) is 7.69. The van der Waals surface area contributed by atoms with Crippen LogP contribution in [0, 0.1) is 0 Å². The fourth-order valence-electron chi connectivity index (χ4n) is 3.22. The summed E-state index contributed by atoms with van der Waals surface area (Å²) >= 11 is 0. The van der Waals surface area contributed by atoms with Gasteiger partial charge in [-0.1, -0.05) is 0 Å². The molecule has 1 saturated heterocycles. The van der Waals surface area contributed by atoms with Crippen LogP contribution in [0.4, 0.5) is 5.82 Å². The van der Waals surface area contributed by atoms with Gasteiger partial charge in [0.1, 0.15) is 11.6 Å². The number of hydrogen-bond donors (Lipinski definition) is 1. The van der Waals surface area contributed by atoms with Gasteiger partial charge in [-0.2, -0.15) is 0 Å². The second-order valence-electron chi connectivity index (χ2n) is 6.41. The molecule has 1 aromatic heterocycles. The Morgan fingerprint density at radius 3 is 2.24 bits per heavy atom. The molecule has 0 bridgehead atoms. The van der Waals surface area contributed by atoms with Crippen LogP contribution in [0.3, 0.4) is 0 Å². The molecule has 6 heteroatoms. The zero-order chi connectivity index (χ0) is 12.8. The highest BCUT2D eigenvalue weighted by Gasteiger charge is 2.33. The van der Waals surface area contributed by atoms with E-state index in [1.54, 1.807) is 0 Å². The van der Waals surface area contributed by atoms with Gasteiger partial charge in [0.2, 0.25) is 0 Å². The minimum absolute atomic E-state index is 0. The molecular weight excluding hydrogens is 307 g/mol. The molecule has 0 unspecified atom stereocenters. The molecule has 2 aliphatic carbocycles. The molecule has 0 radical (unpaired) electrons. The first-order chi connectivity index (χ1) is 9.29. The minimum Gasteiger partial charge on any atom is -0.357 e. The lowest BCUT2D eigenvalue weighted by atomic mass is 9.78. The molecule has 118 valence electrons. The van der Waals surface area contributed by atoms with E-state index in [9.17, 15) is 0 Å². The third-order valence-electron chi connectivity index (χ3n) is 4.72. The quantitative estimate of drug-likeness (QED) is 0.925. The molecule has 1 aliphatic heterocycles. The van der Waals surface area contributed by atoms with Crippen LogP contribution in [0.15, 0.2) is 6.07 Å².